The Morgan fingerprint density at radius 1 is 1.10 bits per heavy atom. The molecule has 2 aromatic carbocycles. The molecule has 3 unspecified atom stereocenters. The zero-order valence-corrected chi connectivity index (χ0v) is 29.4. The lowest BCUT2D eigenvalue weighted by atomic mass is 9.97. The number of hydrogen-bond donors (Lipinski definition) is 4. The standard InChI is InChI=1S/C32H38FN6O10PS/c1-32(2,18-40)29(42)51-14-13-46-50(44,36-15-20-9-5-3-6-10-20)47-17-22-24(41)25(49-31(43)45-16-21-11-7-4-8-12-21)28(48-22)39-19-35-23-26(34)37-30(33)38-27(23)39/h3-12,19,22,24-25,28,40-41H,13-18H2,1-2H3,(H,36,44)(H2,34,37,38)/t22-,24-,25?,28?,50?/m1/s1. The maximum absolute atomic E-state index is 14.2. The van der Waals surface area contributed by atoms with E-state index in [1.54, 1.807) is 68.4 Å². The van der Waals surface area contributed by atoms with Crippen molar-refractivity contribution in [1.29, 1.82) is 0 Å². The molecule has 5 rings (SSSR count). The fourth-order valence-corrected chi connectivity index (χ4v) is 7.04. The van der Waals surface area contributed by atoms with E-state index >= 15 is 0 Å². The molecule has 1 fully saturated rings. The van der Waals surface area contributed by atoms with Crippen LogP contribution in [0.4, 0.5) is 15.0 Å². The molecule has 0 bridgehead atoms. The number of benzene rings is 2. The second-order valence-corrected chi connectivity index (χ2v) is 14.9. The van der Waals surface area contributed by atoms with Crippen molar-refractivity contribution in [3.8, 4) is 0 Å². The number of ether oxygens (including phenoxy) is 3. The molecular formula is C32H38FN6O10PS. The summed E-state index contributed by atoms with van der Waals surface area (Å²) in [5, 5.41) is 23.4. The number of aliphatic hydroxyl groups excluding tert-OH is 2. The monoisotopic (exact) mass is 748 g/mol. The molecule has 3 heterocycles. The van der Waals surface area contributed by atoms with Gasteiger partial charge in [0, 0.05) is 12.3 Å². The summed E-state index contributed by atoms with van der Waals surface area (Å²) in [6.45, 7) is 2.08. The molecule has 274 valence electrons. The molecule has 4 aromatic rings. The molecule has 5 atom stereocenters. The first-order valence-electron chi connectivity index (χ1n) is 15.7. The van der Waals surface area contributed by atoms with Crippen molar-refractivity contribution < 1.29 is 52.0 Å². The summed E-state index contributed by atoms with van der Waals surface area (Å²) in [6, 6.07) is 17.8. The summed E-state index contributed by atoms with van der Waals surface area (Å²) >= 11 is 0.909. The molecule has 1 aliphatic rings. The van der Waals surface area contributed by atoms with Gasteiger partial charge in [0.15, 0.2) is 34.4 Å². The lowest BCUT2D eigenvalue weighted by Gasteiger charge is -2.23. The van der Waals surface area contributed by atoms with E-state index in [1.165, 1.54) is 10.9 Å². The van der Waals surface area contributed by atoms with Gasteiger partial charge in [-0.15, -0.1) is 0 Å². The van der Waals surface area contributed by atoms with E-state index in [0.717, 1.165) is 17.3 Å². The molecule has 0 saturated carbocycles. The molecule has 2 aromatic heterocycles. The van der Waals surface area contributed by atoms with Crippen molar-refractivity contribution in [1.82, 2.24) is 24.6 Å². The van der Waals surface area contributed by atoms with Crippen molar-refractivity contribution in [2.45, 2.75) is 51.5 Å². The van der Waals surface area contributed by atoms with Crippen LogP contribution in [0.25, 0.3) is 11.2 Å². The molecule has 0 aliphatic carbocycles. The minimum atomic E-state index is -4.15. The highest BCUT2D eigenvalue weighted by molar-refractivity contribution is 8.13. The van der Waals surface area contributed by atoms with Crippen LogP contribution < -0.4 is 10.8 Å². The summed E-state index contributed by atoms with van der Waals surface area (Å²) in [7, 11) is -4.15. The first-order chi connectivity index (χ1) is 24.4. The molecular weight excluding hydrogens is 710 g/mol. The summed E-state index contributed by atoms with van der Waals surface area (Å²) in [5.41, 5.74) is 6.22. The fraction of sp³-hybridized carbons (Fsp3) is 0.406. The van der Waals surface area contributed by atoms with Crippen LogP contribution in [-0.2, 0) is 45.8 Å². The zero-order valence-electron chi connectivity index (χ0n) is 27.7. The Balaban J connectivity index is 1.32. The first kappa shape index (κ1) is 38.2. The number of carbonyl (C=O) groups is 2. The number of anilines is 1. The minimum absolute atomic E-state index is 0.0290. The van der Waals surface area contributed by atoms with Crippen LogP contribution in [0, 0.1) is 11.5 Å². The number of nitrogens with zero attached hydrogens (tertiary/aromatic N) is 4. The number of rotatable bonds is 16. The molecule has 0 spiro atoms. The van der Waals surface area contributed by atoms with Gasteiger partial charge in [-0.3, -0.25) is 18.4 Å². The average Bonchev–Trinajstić information content (AvgIpc) is 3.68. The van der Waals surface area contributed by atoms with Crippen molar-refractivity contribution in [2.75, 3.05) is 31.3 Å². The average molecular weight is 749 g/mol. The second kappa shape index (κ2) is 17.0. The quantitative estimate of drug-likeness (QED) is 0.0555. The molecule has 1 aliphatic heterocycles. The van der Waals surface area contributed by atoms with E-state index in [1.807, 2.05) is 6.07 Å². The summed E-state index contributed by atoms with van der Waals surface area (Å²) in [4.78, 5) is 36.6. The van der Waals surface area contributed by atoms with E-state index < -0.39 is 56.5 Å². The Kier molecular flexibility index (Phi) is 12.8. The number of carbonyl (C=O) groups excluding carboxylic acids is 2. The van der Waals surface area contributed by atoms with Gasteiger partial charge in [-0.25, -0.2) is 19.4 Å². The topological polar surface area (TPSA) is 219 Å². The van der Waals surface area contributed by atoms with Crippen molar-refractivity contribution in [2.24, 2.45) is 5.41 Å². The third-order valence-corrected chi connectivity index (χ3v) is 10.4. The summed E-state index contributed by atoms with van der Waals surface area (Å²) < 4.78 is 57.6. The molecule has 16 nitrogen and oxygen atoms in total. The first-order valence-corrected chi connectivity index (χ1v) is 18.2. The third kappa shape index (κ3) is 9.87. The number of nitrogen functional groups attached to an aromatic ring is 1. The molecule has 0 amide bonds. The molecule has 1 saturated heterocycles. The zero-order chi connectivity index (χ0) is 36.6. The lowest BCUT2D eigenvalue weighted by Crippen LogP contribution is -2.37. The van der Waals surface area contributed by atoms with Gasteiger partial charge >= 0.3 is 20.0 Å². The van der Waals surface area contributed by atoms with E-state index in [4.69, 9.17) is 29.0 Å². The van der Waals surface area contributed by atoms with Crippen LogP contribution in [0.3, 0.4) is 0 Å². The van der Waals surface area contributed by atoms with Crippen LogP contribution in [-0.4, -0.2) is 84.9 Å². The number of fused-ring (bicyclic) bond motifs is 1. The Morgan fingerprint density at radius 2 is 1.78 bits per heavy atom. The molecule has 51 heavy (non-hydrogen) atoms. The summed E-state index contributed by atoms with van der Waals surface area (Å²) in [6.07, 6.45) is -6.81. The van der Waals surface area contributed by atoms with Gasteiger partial charge in [0.25, 0.3) is 0 Å². The van der Waals surface area contributed by atoms with Crippen LogP contribution >= 0.6 is 19.5 Å². The number of nitrogens with two attached hydrogens (primary N) is 1. The normalized spacial score (nSPS) is 20.3. The number of hydrogen-bond acceptors (Lipinski definition) is 15. The van der Waals surface area contributed by atoms with Gasteiger partial charge < -0.3 is 30.2 Å². The third-order valence-electron chi connectivity index (χ3n) is 7.69. The van der Waals surface area contributed by atoms with Gasteiger partial charge in [0.1, 0.15) is 18.8 Å². The molecule has 5 N–H and O–H groups in total. The number of imidazole rings is 1. The van der Waals surface area contributed by atoms with E-state index in [2.05, 4.69) is 20.0 Å². The van der Waals surface area contributed by atoms with Gasteiger partial charge in [0.2, 0.25) is 0 Å². The Bertz CT molecular complexity index is 1840. The maximum atomic E-state index is 14.2. The minimum Gasteiger partial charge on any atom is -0.429 e. The number of aromatic nitrogens is 4. The Morgan fingerprint density at radius 3 is 2.47 bits per heavy atom. The lowest BCUT2D eigenvalue weighted by molar-refractivity contribution is -0.119. The second-order valence-electron chi connectivity index (χ2n) is 12.0. The van der Waals surface area contributed by atoms with E-state index in [9.17, 15) is 28.8 Å². The van der Waals surface area contributed by atoms with Gasteiger partial charge in [-0.05, 0) is 25.0 Å². The number of aliphatic hydroxyl groups is 2. The highest BCUT2D eigenvalue weighted by atomic mass is 32.2. The van der Waals surface area contributed by atoms with Crippen LogP contribution in [0.2, 0.25) is 0 Å². The maximum Gasteiger partial charge on any atom is 0.509 e. The predicted octanol–water partition coefficient (Wildman–Crippen LogP) is 3.74. The van der Waals surface area contributed by atoms with E-state index in [0.29, 0.717) is 5.56 Å². The van der Waals surface area contributed by atoms with Gasteiger partial charge in [-0.1, -0.05) is 72.4 Å². The molecule has 19 heteroatoms. The van der Waals surface area contributed by atoms with Crippen LogP contribution in [0.15, 0.2) is 67.0 Å². The smallest absolute Gasteiger partial charge is 0.429 e. The highest BCUT2D eigenvalue weighted by Gasteiger charge is 2.49. The Hall–Kier alpha value is -4.00. The number of nitrogens with one attached hydrogen (secondary N) is 1. The van der Waals surface area contributed by atoms with Crippen LogP contribution in [0.1, 0.15) is 31.2 Å². The van der Waals surface area contributed by atoms with Gasteiger partial charge in [-0.2, -0.15) is 14.4 Å². The van der Waals surface area contributed by atoms with Gasteiger partial charge in [0.05, 0.1) is 31.6 Å². The Labute approximate surface area is 296 Å². The summed E-state index contributed by atoms with van der Waals surface area (Å²) in [5.74, 6) is -0.152. The van der Waals surface area contributed by atoms with Crippen molar-refractivity contribution >= 4 is 47.8 Å². The van der Waals surface area contributed by atoms with E-state index in [-0.39, 0.29) is 54.2 Å². The molecule has 0 radical (unpaired) electrons. The number of thioether (sulfide) groups is 1. The number of halogens is 1. The van der Waals surface area contributed by atoms with Crippen LogP contribution in [0.5, 0.6) is 0 Å². The highest BCUT2D eigenvalue weighted by Crippen LogP contribution is 2.46. The van der Waals surface area contributed by atoms with Crippen molar-refractivity contribution in [3.05, 3.63) is 84.2 Å². The van der Waals surface area contributed by atoms with Crippen molar-refractivity contribution in [3.63, 3.8) is 0 Å². The fourth-order valence-electron chi connectivity index (χ4n) is 4.80. The predicted molar refractivity (Wildman–Crippen MR) is 182 cm³/mol. The largest absolute Gasteiger partial charge is 0.509 e. The SMILES string of the molecule is CC(C)(CO)C(=O)SCCOP(=O)(NCc1ccccc1)OC[C@H]1OC(n2cnc3c(N)nc(F)nc32)C(OC(=O)OCc2ccccc2)[C@@H]1O.